The highest BCUT2D eigenvalue weighted by Crippen LogP contribution is 2.34. The lowest BCUT2D eigenvalue weighted by molar-refractivity contribution is -0.137. The molecule has 0 radical (unpaired) electrons. The van der Waals surface area contributed by atoms with Gasteiger partial charge in [0.15, 0.2) is 0 Å². The molecule has 26 heavy (non-hydrogen) atoms. The number of carbonyl (C=O) groups excluding carboxylic acids is 2. The lowest BCUT2D eigenvalue weighted by Crippen LogP contribution is -2.35. The standard InChI is InChI=1S/C17H14ClF3N2O3/c1-23(16(26)11-8-10(18)6-7-14(11)24)9-15(25)22-13-5-3-2-4-12(13)17(19,20)21/h2-8,24H,9H2,1H3,(H,22,25). The number of phenols is 1. The number of alkyl halides is 3. The largest absolute Gasteiger partial charge is 0.507 e. The van der Waals surface area contributed by atoms with Crippen LogP contribution in [0.5, 0.6) is 5.75 Å². The second kappa shape index (κ2) is 7.65. The minimum absolute atomic E-state index is 0.122. The number of hydrogen-bond donors (Lipinski definition) is 2. The van der Waals surface area contributed by atoms with Gasteiger partial charge in [-0.3, -0.25) is 9.59 Å². The van der Waals surface area contributed by atoms with Gasteiger partial charge in [0.2, 0.25) is 5.91 Å². The molecule has 0 bridgehead atoms. The number of halogens is 4. The predicted octanol–water partition coefficient (Wildman–Crippen LogP) is 3.78. The molecule has 0 unspecified atom stereocenters. The maximum absolute atomic E-state index is 12.9. The van der Waals surface area contributed by atoms with Crippen LogP contribution in [0.4, 0.5) is 18.9 Å². The van der Waals surface area contributed by atoms with Crippen LogP contribution in [-0.2, 0) is 11.0 Å². The van der Waals surface area contributed by atoms with Crippen LogP contribution in [0, 0.1) is 0 Å². The Bertz CT molecular complexity index is 840. The molecule has 2 aromatic rings. The molecular weight excluding hydrogens is 373 g/mol. The molecule has 5 nitrogen and oxygen atoms in total. The summed E-state index contributed by atoms with van der Waals surface area (Å²) in [5.41, 5.74) is -1.52. The zero-order chi connectivity index (χ0) is 19.5. The monoisotopic (exact) mass is 386 g/mol. The molecule has 0 aliphatic heterocycles. The number of amides is 2. The Labute approximate surface area is 152 Å². The first-order chi connectivity index (χ1) is 12.1. The molecule has 2 N–H and O–H groups in total. The molecule has 0 spiro atoms. The molecule has 9 heteroatoms. The van der Waals surface area contributed by atoms with Crippen LogP contribution < -0.4 is 5.32 Å². The number of nitrogens with one attached hydrogen (secondary N) is 1. The molecule has 0 saturated heterocycles. The van der Waals surface area contributed by atoms with E-state index in [2.05, 4.69) is 5.32 Å². The molecule has 2 amide bonds. The topological polar surface area (TPSA) is 69.6 Å². The highest BCUT2D eigenvalue weighted by atomic mass is 35.5. The van der Waals surface area contributed by atoms with E-state index in [-0.39, 0.29) is 16.3 Å². The van der Waals surface area contributed by atoms with Gasteiger partial charge in [-0.2, -0.15) is 13.2 Å². The zero-order valence-corrected chi connectivity index (χ0v) is 14.2. The van der Waals surface area contributed by atoms with Crippen molar-refractivity contribution in [1.29, 1.82) is 0 Å². The number of hydrogen-bond acceptors (Lipinski definition) is 3. The molecule has 0 heterocycles. The summed E-state index contributed by atoms with van der Waals surface area (Å²) in [6, 6.07) is 8.35. The van der Waals surface area contributed by atoms with Gasteiger partial charge in [-0.15, -0.1) is 0 Å². The minimum atomic E-state index is -4.63. The summed E-state index contributed by atoms with van der Waals surface area (Å²) < 4.78 is 38.8. The SMILES string of the molecule is CN(CC(=O)Nc1ccccc1C(F)(F)F)C(=O)c1cc(Cl)ccc1O. The van der Waals surface area contributed by atoms with E-state index < -0.39 is 35.8 Å². The van der Waals surface area contributed by atoms with Crippen molar-refractivity contribution >= 4 is 29.1 Å². The fraction of sp³-hybridized carbons (Fsp3) is 0.176. The van der Waals surface area contributed by atoms with Gasteiger partial charge >= 0.3 is 6.18 Å². The minimum Gasteiger partial charge on any atom is -0.507 e. The van der Waals surface area contributed by atoms with Gasteiger partial charge in [0.05, 0.1) is 23.4 Å². The van der Waals surface area contributed by atoms with Crippen LogP contribution >= 0.6 is 11.6 Å². The number of anilines is 1. The number of aromatic hydroxyl groups is 1. The summed E-state index contributed by atoms with van der Waals surface area (Å²) >= 11 is 5.77. The molecular formula is C17H14ClF3N2O3. The number of benzene rings is 2. The van der Waals surface area contributed by atoms with E-state index >= 15 is 0 Å². The molecule has 0 fully saturated rings. The lowest BCUT2D eigenvalue weighted by Gasteiger charge is -2.19. The van der Waals surface area contributed by atoms with Crippen molar-refractivity contribution in [3.63, 3.8) is 0 Å². The van der Waals surface area contributed by atoms with E-state index in [1.807, 2.05) is 0 Å². The second-order valence-corrected chi connectivity index (χ2v) is 5.85. The summed E-state index contributed by atoms with van der Waals surface area (Å²) in [5, 5.41) is 12.1. The van der Waals surface area contributed by atoms with Crippen LogP contribution in [-0.4, -0.2) is 35.4 Å². The number of rotatable bonds is 4. The summed E-state index contributed by atoms with van der Waals surface area (Å²) in [6.45, 7) is -0.517. The smallest absolute Gasteiger partial charge is 0.418 e. The van der Waals surface area contributed by atoms with E-state index in [1.54, 1.807) is 0 Å². The highest BCUT2D eigenvalue weighted by Gasteiger charge is 2.33. The van der Waals surface area contributed by atoms with E-state index in [9.17, 15) is 27.9 Å². The Balaban J connectivity index is 2.11. The summed E-state index contributed by atoms with van der Waals surface area (Å²) in [7, 11) is 1.28. The third kappa shape index (κ3) is 4.66. The third-order valence-corrected chi connectivity index (χ3v) is 3.66. The van der Waals surface area contributed by atoms with Crippen LogP contribution in [0.1, 0.15) is 15.9 Å². The fourth-order valence-corrected chi connectivity index (χ4v) is 2.37. The number of carbonyl (C=O) groups is 2. The molecule has 0 saturated carbocycles. The second-order valence-electron chi connectivity index (χ2n) is 5.41. The Hall–Kier alpha value is -2.74. The summed E-state index contributed by atoms with van der Waals surface area (Å²) in [4.78, 5) is 25.3. The van der Waals surface area contributed by atoms with Crippen molar-refractivity contribution in [3.8, 4) is 5.75 Å². The molecule has 2 rings (SSSR count). The van der Waals surface area contributed by atoms with E-state index in [0.29, 0.717) is 0 Å². The van der Waals surface area contributed by atoms with Crippen molar-refractivity contribution < 1.29 is 27.9 Å². The normalized spacial score (nSPS) is 11.1. The summed E-state index contributed by atoms with van der Waals surface area (Å²) in [5.74, 6) is -1.85. The average molecular weight is 387 g/mol. The fourth-order valence-electron chi connectivity index (χ4n) is 2.20. The van der Waals surface area contributed by atoms with Crippen LogP contribution in [0.25, 0.3) is 0 Å². The molecule has 2 aromatic carbocycles. The number of likely N-dealkylation sites (N-methyl/N-ethyl adjacent to an activating group) is 1. The first kappa shape index (κ1) is 19.6. The predicted molar refractivity (Wildman–Crippen MR) is 90.2 cm³/mol. The van der Waals surface area contributed by atoms with Crippen molar-refractivity contribution in [2.24, 2.45) is 0 Å². The van der Waals surface area contributed by atoms with Gasteiger partial charge in [0.25, 0.3) is 5.91 Å². The van der Waals surface area contributed by atoms with Gasteiger partial charge in [-0.1, -0.05) is 23.7 Å². The Morgan fingerprint density at radius 1 is 1.19 bits per heavy atom. The van der Waals surface area contributed by atoms with Crippen LogP contribution in [0.15, 0.2) is 42.5 Å². The van der Waals surface area contributed by atoms with Crippen molar-refractivity contribution in [2.45, 2.75) is 6.18 Å². The van der Waals surface area contributed by atoms with Gasteiger partial charge in [-0.05, 0) is 30.3 Å². The van der Waals surface area contributed by atoms with E-state index in [1.165, 1.54) is 37.4 Å². The first-order valence-electron chi connectivity index (χ1n) is 7.29. The summed E-state index contributed by atoms with van der Waals surface area (Å²) in [6.07, 6.45) is -4.63. The van der Waals surface area contributed by atoms with Crippen LogP contribution in [0.3, 0.4) is 0 Å². The van der Waals surface area contributed by atoms with Crippen molar-refractivity contribution in [1.82, 2.24) is 4.90 Å². The van der Waals surface area contributed by atoms with Gasteiger partial charge in [0, 0.05) is 12.1 Å². The van der Waals surface area contributed by atoms with E-state index in [0.717, 1.165) is 17.0 Å². The Morgan fingerprint density at radius 3 is 2.50 bits per heavy atom. The number of para-hydroxylation sites is 1. The maximum Gasteiger partial charge on any atom is 0.418 e. The maximum atomic E-state index is 12.9. The quantitative estimate of drug-likeness (QED) is 0.840. The number of nitrogens with zero attached hydrogens (tertiary/aromatic N) is 1. The molecule has 0 atom stereocenters. The third-order valence-electron chi connectivity index (χ3n) is 3.42. The molecule has 0 aliphatic carbocycles. The van der Waals surface area contributed by atoms with Crippen LogP contribution in [0.2, 0.25) is 5.02 Å². The molecule has 0 aromatic heterocycles. The Kier molecular flexibility index (Phi) is 5.76. The van der Waals surface area contributed by atoms with E-state index in [4.69, 9.17) is 11.6 Å². The lowest BCUT2D eigenvalue weighted by atomic mass is 10.1. The van der Waals surface area contributed by atoms with Crippen molar-refractivity contribution in [2.75, 3.05) is 18.9 Å². The average Bonchev–Trinajstić information content (AvgIpc) is 2.55. The van der Waals surface area contributed by atoms with Gasteiger partial charge in [0.1, 0.15) is 5.75 Å². The first-order valence-corrected chi connectivity index (χ1v) is 7.67. The Morgan fingerprint density at radius 2 is 1.85 bits per heavy atom. The molecule has 0 aliphatic rings. The highest BCUT2D eigenvalue weighted by molar-refractivity contribution is 6.31. The van der Waals surface area contributed by atoms with Gasteiger partial charge in [-0.25, -0.2) is 0 Å². The van der Waals surface area contributed by atoms with Gasteiger partial charge < -0.3 is 15.3 Å². The number of phenolic OH excluding ortho intramolecular Hbond substituents is 1. The van der Waals surface area contributed by atoms with Crippen molar-refractivity contribution in [3.05, 3.63) is 58.6 Å². The molecule has 138 valence electrons. The zero-order valence-electron chi connectivity index (χ0n) is 13.5.